The molecule has 0 N–H and O–H groups in total. The van der Waals surface area contributed by atoms with E-state index in [0.717, 1.165) is 0 Å². The number of hydroxylamine groups is 2. The molecule has 1 heterocycles. The Morgan fingerprint density at radius 3 is 1.93 bits per heavy atom. The first kappa shape index (κ1) is 30.6. The quantitative estimate of drug-likeness (QED) is 0.259. The average Bonchev–Trinajstić information content (AvgIpc) is 3.47. The van der Waals surface area contributed by atoms with Crippen molar-refractivity contribution < 1.29 is 47.8 Å². The smallest absolute Gasteiger partial charge is 0.420 e. The Hall–Kier alpha value is -3.96. The third-order valence-electron chi connectivity index (χ3n) is 6.09. The number of carbonyl (C=O) groups is 6. The van der Waals surface area contributed by atoms with Crippen molar-refractivity contribution in [3.63, 3.8) is 0 Å². The van der Waals surface area contributed by atoms with Crippen molar-refractivity contribution >= 4 is 35.9 Å². The molecule has 0 spiro atoms. The predicted octanol–water partition coefficient (Wildman–Crippen LogP) is 4.05. The summed E-state index contributed by atoms with van der Waals surface area (Å²) in [6.45, 7) is 9.55. The van der Waals surface area contributed by atoms with Crippen LogP contribution in [0.1, 0.15) is 79.2 Å². The fraction of sp³-hybridized carbons (Fsp3) is 0.571. The fourth-order valence-electron chi connectivity index (χ4n) is 4.23. The molecule has 12 nitrogen and oxygen atoms in total. The van der Waals surface area contributed by atoms with Crippen LogP contribution in [0.4, 0.5) is 9.59 Å². The van der Waals surface area contributed by atoms with Gasteiger partial charge in [-0.1, -0.05) is 30.3 Å². The number of imide groups is 2. The topological polar surface area (TPSA) is 146 Å². The van der Waals surface area contributed by atoms with Gasteiger partial charge in [0.25, 0.3) is 11.8 Å². The zero-order valence-corrected chi connectivity index (χ0v) is 23.7. The maximum Gasteiger partial charge on any atom is 0.420 e. The van der Waals surface area contributed by atoms with Crippen LogP contribution < -0.4 is 0 Å². The summed E-state index contributed by atoms with van der Waals surface area (Å²) in [5.41, 5.74) is -3.13. The number of amides is 4. The van der Waals surface area contributed by atoms with Crippen LogP contribution in [0.2, 0.25) is 0 Å². The highest BCUT2D eigenvalue weighted by Crippen LogP contribution is 2.53. The normalized spacial score (nSPS) is 20.6. The standard InChI is InChI=1S/C28H36N2O10/c1-26(2,3)38-24(35)29(25(36)39-27(4,5)6)28(23(34)37-17-18-10-8-7-9-11-18)16-19(28)12-15-22(33)40-30-20(31)13-14-21(30)32/h7-11,19H,12-17H2,1-6H3. The second-order valence-electron chi connectivity index (χ2n) is 11.8. The summed E-state index contributed by atoms with van der Waals surface area (Å²) in [5, 5.41) is 0.435. The molecule has 1 saturated heterocycles. The Morgan fingerprint density at radius 2 is 1.43 bits per heavy atom. The summed E-state index contributed by atoms with van der Waals surface area (Å²) in [6, 6.07) is 8.85. The fourth-order valence-corrected chi connectivity index (χ4v) is 4.23. The lowest BCUT2D eigenvalue weighted by Crippen LogP contribution is -2.55. The SMILES string of the molecule is CC(C)(C)OC(=O)N(C(=O)OC(C)(C)C)C1(C(=O)OCc2ccccc2)CC1CCC(=O)ON1C(=O)CCC1=O. The number of esters is 1. The molecule has 0 bridgehead atoms. The van der Waals surface area contributed by atoms with Gasteiger partial charge in [-0.05, 0) is 65.9 Å². The van der Waals surface area contributed by atoms with E-state index in [0.29, 0.717) is 15.5 Å². The maximum absolute atomic E-state index is 13.6. The van der Waals surface area contributed by atoms with E-state index in [1.807, 2.05) is 0 Å². The molecule has 0 aromatic heterocycles. The van der Waals surface area contributed by atoms with Crippen molar-refractivity contribution in [3.8, 4) is 0 Å². The van der Waals surface area contributed by atoms with Crippen LogP contribution in [0, 0.1) is 5.92 Å². The summed E-state index contributed by atoms with van der Waals surface area (Å²) in [6.07, 6.45) is -2.64. The summed E-state index contributed by atoms with van der Waals surface area (Å²) < 4.78 is 16.5. The molecule has 1 aliphatic heterocycles. The van der Waals surface area contributed by atoms with Gasteiger partial charge in [-0.2, -0.15) is 4.90 Å². The Labute approximate surface area is 232 Å². The molecule has 0 radical (unpaired) electrons. The highest BCUT2D eigenvalue weighted by molar-refractivity contribution is 6.01. The van der Waals surface area contributed by atoms with Gasteiger partial charge in [0.2, 0.25) is 0 Å². The van der Waals surface area contributed by atoms with Crippen molar-refractivity contribution in [2.24, 2.45) is 5.92 Å². The van der Waals surface area contributed by atoms with Gasteiger partial charge in [0.1, 0.15) is 17.8 Å². The second kappa shape index (κ2) is 11.6. The molecule has 2 atom stereocenters. The molecule has 1 saturated carbocycles. The second-order valence-corrected chi connectivity index (χ2v) is 11.8. The van der Waals surface area contributed by atoms with Crippen LogP contribution >= 0.6 is 0 Å². The van der Waals surface area contributed by atoms with E-state index in [9.17, 15) is 28.8 Å². The van der Waals surface area contributed by atoms with Gasteiger partial charge in [0.05, 0.1) is 0 Å². The van der Waals surface area contributed by atoms with Crippen molar-refractivity contribution in [1.82, 2.24) is 9.96 Å². The molecule has 4 amide bonds. The molecule has 2 aliphatic rings. The summed E-state index contributed by atoms with van der Waals surface area (Å²) in [7, 11) is 0. The van der Waals surface area contributed by atoms with Gasteiger partial charge in [0, 0.05) is 19.3 Å². The van der Waals surface area contributed by atoms with Crippen LogP contribution in [0.15, 0.2) is 30.3 Å². The van der Waals surface area contributed by atoms with Crippen LogP contribution in [-0.2, 0) is 44.8 Å². The lowest BCUT2D eigenvalue weighted by Gasteiger charge is -2.33. The lowest BCUT2D eigenvalue weighted by molar-refractivity contribution is -0.197. The van der Waals surface area contributed by atoms with Crippen molar-refractivity contribution in [3.05, 3.63) is 35.9 Å². The first-order valence-electron chi connectivity index (χ1n) is 13.1. The minimum Gasteiger partial charge on any atom is -0.459 e. The highest BCUT2D eigenvalue weighted by atomic mass is 16.7. The van der Waals surface area contributed by atoms with Crippen LogP contribution in [-0.4, -0.2) is 62.6 Å². The van der Waals surface area contributed by atoms with Crippen molar-refractivity contribution in [1.29, 1.82) is 0 Å². The molecule has 1 aromatic rings. The number of nitrogens with zero attached hydrogens (tertiary/aromatic N) is 2. The molecule has 1 aliphatic carbocycles. The number of hydrogen-bond acceptors (Lipinski definition) is 10. The van der Waals surface area contributed by atoms with Gasteiger partial charge in [0.15, 0.2) is 5.54 Å². The zero-order chi connectivity index (χ0) is 29.9. The van der Waals surface area contributed by atoms with Gasteiger partial charge >= 0.3 is 24.1 Å². The maximum atomic E-state index is 13.6. The Bertz CT molecular complexity index is 1120. The first-order chi connectivity index (χ1) is 18.5. The third kappa shape index (κ3) is 7.57. The molecule has 3 rings (SSSR count). The summed E-state index contributed by atoms with van der Waals surface area (Å²) in [4.78, 5) is 81.9. The minimum absolute atomic E-state index is 0.0163. The van der Waals surface area contributed by atoms with E-state index in [4.69, 9.17) is 19.0 Å². The van der Waals surface area contributed by atoms with Gasteiger partial charge < -0.3 is 19.0 Å². The molecular formula is C28H36N2O10. The lowest BCUT2D eigenvalue weighted by atomic mass is 10.1. The Kier molecular flexibility index (Phi) is 8.90. The molecule has 218 valence electrons. The molecule has 2 fully saturated rings. The molecular weight excluding hydrogens is 524 g/mol. The monoisotopic (exact) mass is 560 g/mol. The highest BCUT2D eigenvalue weighted by Gasteiger charge is 2.69. The molecule has 40 heavy (non-hydrogen) atoms. The number of ether oxygens (including phenoxy) is 3. The van der Waals surface area contributed by atoms with E-state index in [1.54, 1.807) is 71.9 Å². The molecule has 12 heteroatoms. The van der Waals surface area contributed by atoms with E-state index < -0.39 is 58.6 Å². The van der Waals surface area contributed by atoms with Crippen molar-refractivity contribution in [2.75, 3.05) is 0 Å². The van der Waals surface area contributed by atoms with Crippen molar-refractivity contribution in [2.45, 2.75) is 97.0 Å². The number of rotatable bonds is 8. The van der Waals surface area contributed by atoms with E-state index in [-0.39, 0.29) is 38.7 Å². The van der Waals surface area contributed by atoms with E-state index >= 15 is 0 Å². The van der Waals surface area contributed by atoms with Gasteiger partial charge in [-0.25, -0.2) is 19.2 Å². The summed E-state index contributed by atoms with van der Waals surface area (Å²) >= 11 is 0. The van der Waals surface area contributed by atoms with Crippen LogP contribution in [0.5, 0.6) is 0 Å². The number of carbonyl (C=O) groups excluding carboxylic acids is 6. The Balaban J connectivity index is 1.85. The van der Waals surface area contributed by atoms with E-state index in [1.165, 1.54) is 0 Å². The van der Waals surface area contributed by atoms with Gasteiger partial charge in [-0.3, -0.25) is 9.59 Å². The van der Waals surface area contributed by atoms with Gasteiger partial charge in [-0.15, -0.1) is 5.06 Å². The van der Waals surface area contributed by atoms with E-state index in [2.05, 4.69) is 0 Å². The minimum atomic E-state index is -1.81. The predicted molar refractivity (Wildman–Crippen MR) is 138 cm³/mol. The number of hydrogen-bond donors (Lipinski definition) is 0. The first-order valence-corrected chi connectivity index (χ1v) is 13.1. The molecule has 1 aromatic carbocycles. The molecule has 2 unspecified atom stereocenters. The third-order valence-corrected chi connectivity index (χ3v) is 6.09. The number of benzene rings is 1. The largest absolute Gasteiger partial charge is 0.459 e. The summed E-state index contributed by atoms with van der Waals surface area (Å²) in [5.74, 6) is -3.69. The van der Waals surface area contributed by atoms with Crippen LogP contribution in [0.25, 0.3) is 0 Å². The average molecular weight is 561 g/mol. The Morgan fingerprint density at radius 1 is 0.900 bits per heavy atom. The van der Waals surface area contributed by atoms with Crippen LogP contribution in [0.3, 0.4) is 0 Å². The zero-order valence-electron chi connectivity index (χ0n) is 23.7.